The van der Waals surface area contributed by atoms with Gasteiger partial charge in [-0.3, -0.25) is 4.79 Å². The molecular formula is C42H56N4O4. The first-order valence-corrected chi connectivity index (χ1v) is 19.3. The van der Waals surface area contributed by atoms with E-state index in [-0.39, 0.29) is 11.9 Å². The number of rotatable bonds is 11. The van der Waals surface area contributed by atoms with Gasteiger partial charge in [-0.2, -0.15) is 0 Å². The lowest BCUT2D eigenvalue weighted by atomic mass is 9.77. The molecule has 0 aliphatic carbocycles. The number of methoxy groups -OCH3 is 2. The van der Waals surface area contributed by atoms with E-state index in [0.29, 0.717) is 12.8 Å². The van der Waals surface area contributed by atoms with Crippen molar-refractivity contribution in [2.45, 2.75) is 89.5 Å². The molecule has 4 atom stereocenters. The van der Waals surface area contributed by atoms with Crippen LogP contribution in [0.1, 0.15) is 93.6 Å². The van der Waals surface area contributed by atoms with Crippen molar-refractivity contribution in [2.24, 2.45) is 11.8 Å². The number of carbonyl (C=O) groups is 2. The number of fused-ring (bicyclic) bond motifs is 4. The first-order chi connectivity index (χ1) is 24.4. The molecule has 5 heterocycles. The van der Waals surface area contributed by atoms with E-state index in [1.54, 1.807) is 0 Å². The molecule has 8 heteroatoms. The predicted octanol–water partition coefficient (Wildman–Crippen LogP) is 7.42. The molecule has 2 aromatic carbocycles. The number of nitrogens with one attached hydrogen (secondary N) is 1. The third kappa shape index (κ3) is 6.17. The summed E-state index contributed by atoms with van der Waals surface area (Å²) in [5.41, 5.74) is 4.94. The number of aromatic amines is 1. The summed E-state index contributed by atoms with van der Waals surface area (Å²) in [6.07, 6.45) is 10.0. The van der Waals surface area contributed by atoms with Gasteiger partial charge in [-0.05, 0) is 99.6 Å². The van der Waals surface area contributed by atoms with Crippen molar-refractivity contribution in [1.29, 1.82) is 0 Å². The van der Waals surface area contributed by atoms with Crippen molar-refractivity contribution in [3.8, 4) is 0 Å². The maximum Gasteiger partial charge on any atom is 0.338 e. The van der Waals surface area contributed by atoms with Gasteiger partial charge in [0.2, 0.25) is 0 Å². The Bertz CT molecular complexity index is 1820. The quantitative estimate of drug-likeness (QED) is 0.166. The fourth-order valence-corrected chi connectivity index (χ4v) is 9.77. The molecule has 2 fully saturated rings. The topological polar surface area (TPSA) is 79.8 Å². The van der Waals surface area contributed by atoms with Crippen molar-refractivity contribution in [1.82, 2.24) is 19.4 Å². The highest BCUT2D eigenvalue weighted by Crippen LogP contribution is 2.50. The number of hydrogen-bond donors (Lipinski definition) is 1. The maximum atomic E-state index is 14.7. The second-order valence-electron chi connectivity index (χ2n) is 15.1. The van der Waals surface area contributed by atoms with Crippen molar-refractivity contribution < 1.29 is 19.1 Å². The number of hydrogen-bond acceptors (Lipinski definition) is 6. The Morgan fingerprint density at radius 3 is 2.06 bits per heavy atom. The van der Waals surface area contributed by atoms with Gasteiger partial charge in [-0.15, -0.1) is 0 Å². The van der Waals surface area contributed by atoms with Crippen LogP contribution in [0.3, 0.4) is 0 Å². The molecule has 0 saturated carbocycles. The summed E-state index contributed by atoms with van der Waals surface area (Å²) in [6, 6.07) is 16.9. The number of para-hydroxylation sites is 2. The molecule has 0 bridgehead atoms. The number of piperidine rings is 2. The lowest BCUT2D eigenvalue weighted by Gasteiger charge is -2.41. The fraction of sp³-hybridized carbons (Fsp3) is 0.571. The van der Waals surface area contributed by atoms with Crippen LogP contribution in [0, 0.1) is 11.8 Å². The van der Waals surface area contributed by atoms with Crippen molar-refractivity contribution in [2.75, 3.05) is 53.5 Å². The Hall–Kier alpha value is -3.62. The van der Waals surface area contributed by atoms with E-state index >= 15 is 0 Å². The minimum absolute atomic E-state index is 0.245. The van der Waals surface area contributed by atoms with E-state index in [1.165, 1.54) is 58.3 Å². The average molecular weight is 681 g/mol. The van der Waals surface area contributed by atoms with Crippen LogP contribution in [0.2, 0.25) is 0 Å². The zero-order chi connectivity index (χ0) is 34.8. The van der Waals surface area contributed by atoms with Gasteiger partial charge >= 0.3 is 11.9 Å². The van der Waals surface area contributed by atoms with Crippen LogP contribution >= 0.6 is 0 Å². The highest BCUT2D eigenvalue weighted by molar-refractivity contribution is 5.96. The van der Waals surface area contributed by atoms with Gasteiger partial charge < -0.3 is 28.8 Å². The number of aromatic nitrogens is 2. The summed E-state index contributed by atoms with van der Waals surface area (Å²) in [5.74, 6) is 0.456. The molecule has 4 unspecified atom stereocenters. The number of carbonyl (C=O) groups excluding carboxylic acids is 2. The van der Waals surface area contributed by atoms with Crippen molar-refractivity contribution in [3.63, 3.8) is 0 Å². The van der Waals surface area contributed by atoms with Crippen LogP contribution in [-0.2, 0) is 37.4 Å². The normalized spacial score (nSPS) is 24.8. The number of H-pyrrole nitrogens is 1. The minimum Gasteiger partial charge on any atom is -0.469 e. The molecule has 0 amide bonds. The van der Waals surface area contributed by atoms with Crippen LogP contribution in [-0.4, -0.2) is 84.8 Å². The molecule has 268 valence electrons. The molecule has 0 spiro atoms. The monoisotopic (exact) mass is 680 g/mol. The largest absolute Gasteiger partial charge is 0.469 e. The van der Waals surface area contributed by atoms with E-state index < -0.39 is 11.5 Å². The molecule has 4 aromatic rings. The third-order valence-corrected chi connectivity index (χ3v) is 12.5. The molecule has 50 heavy (non-hydrogen) atoms. The summed E-state index contributed by atoms with van der Waals surface area (Å²) >= 11 is 0. The summed E-state index contributed by atoms with van der Waals surface area (Å²) < 4.78 is 13.5. The molecule has 0 radical (unpaired) electrons. The lowest BCUT2D eigenvalue weighted by Crippen LogP contribution is -2.49. The predicted molar refractivity (Wildman–Crippen MR) is 200 cm³/mol. The summed E-state index contributed by atoms with van der Waals surface area (Å²) in [5, 5.41) is 2.26. The van der Waals surface area contributed by atoms with Crippen LogP contribution in [0.25, 0.3) is 21.8 Å². The average Bonchev–Trinajstić information content (AvgIpc) is 3.72. The molecule has 8 nitrogen and oxygen atoms in total. The van der Waals surface area contributed by atoms with E-state index in [0.717, 1.165) is 103 Å². The Balaban J connectivity index is 1.40. The smallest absolute Gasteiger partial charge is 0.338 e. The number of likely N-dealkylation sites (tertiary alicyclic amines) is 2. The first kappa shape index (κ1) is 34.8. The van der Waals surface area contributed by atoms with E-state index in [2.05, 4.69) is 75.7 Å². The third-order valence-electron chi connectivity index (χ3n) is 12.5. The Morgan fingerprint density at radius 1 is 0.800 bits per heavy atom. The van der Waals surface area contributed by atoms with Gasteiger partial charge in [0.1, 0.15) is 0 Å². The van der Waals surface area contributed by atoms with Crippen molar-refractivity contribution in [3.05, 3.63) is 71.0 Å². The Morgan fingerprint density at radius 2 is 1.42 bits per heavy atom. The van der Waals surface area contributed by atoms with Crippen molar-refractivity contribution >= 4 is 33.7 Å². The zero-order valence-electron chi connectivity index (χ0n) is 30.6. The molecule has 2 saturated heterocycles. The van der Waals surface area contributed by atoms with E-state index in [9.17, 15) is 9.59 Å². The number of esters is 2. The van der Waals surface area contributed by atoms with Gasteiger partial charge in [-0.25, -0.2) is 4.79 Å². The second-order valence-corrected chi connectivity index (χ2v) is 15.1. The van der Waals surface area contributed by atoms with Gasteiger partial charge in [0.05, 0.1) is 25.8 Å². The van der Waals surface area contributed by atoms with Gasteiger partial charge in [0.15, 0.2) is 5.54 Å². The molecule has 2 aromatic heterocycles. The number of nitrogens with zero attached hydrogens (tertiary/aromatic N) is 3. The summed E-state index contributed by atoms with van der Waals surface area (Å²) in [6.45, 7) is 10.9. The lowest BCUT2D eigenvalue weighted by molar-refractivity contribution is -0.152. The van der Waals surface area contributed by atoms with Gasteiger partial charge in [0, 0.05) is 53.7 Å². The van der Waals surface area contributed by atoms with Gasteiger partial charge in [0.25, 0.3) is 0 Å². The highest BCUT2D eigenvalue weighted by Gasteiger charge is 2.53. The standard InChI is InChI=1S/C42H56N4O4/c1-5-29-13-11-23-44(27-29)25-20-33-32-16-8-10-18-37(32)46-38(33)35(40(47)49-3)19-22-42(46,41(48)50-4)39-34(31-15-7-9-17-36(31)43-39)21-26-45-24-12-14-30(6-2)28-45/h7-10,15-18,29-30,35,43H,5-6,11-14,19-28H2,1-4H3. The Kier molecular flexibility index (Phi) is 10.4. The minimum atomic E-state index is -1.17. The van der Waals surface area contributed by atoms with E-state index in [1.807, 2.05) is 6.07 Å². The zero-order valence-corrected chi connectivity index (χ0v) is 30.6. The van der Waals surface area contributed by atoms with Crippen LogP contribution < -0.4 is 0 Å². The molecule has 3 aliphatic rings. The fourth-order valence-electron chi connectivity index (χ4n) is 9.77. The van der Waals surface area contributed by atoms with Crippen LogP contribution in [0.5, 0.6) is 0 Å². The van der Waals surface area contributed by atoms with Crippen LogP contribution in [0.15, 0.2) is 48.5 Å². The summed E-state index contributed by atoms with van der Waals surface area (Å²) in [7, 11) is 2.99. The highest BCUT2D eigenvalue weighted by atomic mass is 16.5. The van der Waals surface area contributed by atoms with E-state index in [4.69, 9.17) is 9.47 Å². The molecule has 1 N–H and O–H groups in total. The first-order valence-electron chi connectivity index (χ1n) is 19.3. The molecular weight excluding hydrogens is 624 g/mol. The SMILES string of the molecule is CCC1CCCN(CCc2c(C3(C(=O)OC)CCC(C(=O)OC)c4c(CCN5CCCC(CC)C5)c5ccccc5n43)[nH]c3ccccc23)C1. The molecule has 3 aliphatic heterocycles. The number of benzene rings is 2. The summed E-state index contributed by atoms with van der Waals surface area (Å²) in [4.78, 5) is 37.4. The molecule has 7 rings (SSSR count). The van der Waals surface area contributed by atoms with Gasteiger partial charge in [-0.1, -0.05) is 63.1 Å². The Labute approximate surface area is 297 Å². The maximum absolute atomic E-state index is 14.7. The second kappa shape index (κ2) is 14.9. The van der Waals surface area contributed by atoms with Crippen LogP contribution in [0.4, 0.5) is 0 Å². The number of ether oxygens (including phenoxy) is 2.